The van der Waals surface area contributed by atoms with E-state index in [2.05, 4.69) is 30.9 Å². The van der Waals surface area contributed by atoms with Crippen LogP contribution < -0.4 is 10.6 Å². The Balaban J connectivity index is 2.02. The molecule has 0 saturated heterocycles. The minimum absolute atomic E-state index is 0.811. The minimum Gasteiger partial charge on any atom is -0.399 e. The van der Waals surface area contributed by atoms with Gasteiger partial charge in [-0.2, -0.15) is 0 Å². The van der Waals surface area contributed by atoms with Gasteiger partial charge in [0.2, 0.25) is 0 Å². The molecule has 0 amide bonds. The minimum atomic E-state index is 0.811. The zero-order valence-electron chi connectivity index (χ0n) is 11.1. The van der Waals surface area contributed by atoms with Gasteiger partial charge in [0, 0.05) is 24.5 Å². The van der Waals surface area contributed by atoms with Crippen molar-refractivity contribution in [2.45, 2.75) is 39.5 Å². The maximum Gasteiger partial charge on any atom is 0.0400 e. The Morgan fingerprint density at radius 1 is 1.35 bits per heavy atom. The highest BCUT2D eigenvalue weighted by Crippen LogP contribution is 2.29. The molecular formula is C15H24N2. The van der Waals surface area contributed by atoms with Crippen LogP contribution in [0.3, 0.4) is 0 Å². The molecule has 0 fully saturated rings. The Morgan fingerprint density at radius 3 is 2.94 bits per heavy atom. The van der Waals surface area contributed by atoms with Gasteiger partial charge in [-0.1, -0.05) is 13.8 Å². The van der Waals surface area contributed by atoms with Gasteiger partial charge in [-0.25, -0.2) is 0 Å². The first-order chi connectivity index (χ1) is 8.16. The zero-order valence-corrected chi connectivity index (χ0v) is 11.1. The first kappa shape index (κ1) is 12.3. The fourth-order valence-electron chi connectivity index (χ4n) is 2.62. The van der Waals surface area contributed by atoms with Gasteiger partial charge >= 0.3 is 0 Å². The fraction of sp³-hybridized carbons (Fsp3) is 0.600. The van der Waals surface area contributed by atoms with Crippen molar-refractivity contribution in [1.82, 2.24) is 0 Å². The number of rotatable bonds is 4. The molecule has 1 aliphatic rings. The van der Waals surface area contributed by atoms with E-state index in [1.54, 1.807) is 0 Å². The van der Waals surface area contributed by atoms with Crippen LogP contribution in [-0.2, 0) is 6.42 Å². The quantitative estimate of drug-likeness (QED) is 0.806. The lowest BCUT2D eigenvalue weighted by Gasteiger charge is -2.31. The summed E-state index contributed by atoms with van der Waals surface area (Å²) < 4.78 is 0. The first-order valence-electron chi connectivity index (χ1n) is 6.80. The summed E-state index contributed by atoms with van der Waals surface area (Å²) in [5, 5.41) is 0. The SMILES string of the molecule is CC(C)CCCN1CCCc2cc(N)ccc21. The predicted molar refractivity (Wildman–Crippen MR) is 75.5 cm³/mol. The predicted octanol–water partition coefficient (Wildman–Crippen LogP) is 3.46. The van der Waals surface area contributed by atoms with E-state index >= 15 is 0 Å². The normalized spacial score (nSPS) is 15.1. The van der Waals surface area contributed by atoms with E-state index in [4.69, 9.17) is 5.73 Å². The van der Waals surface area contributed by atoms with E-state index in [-0.39, 0.29) is 0 Å². The van der Waals surface area contributed by atoms with Gasteiger partial charge in [-0.05, 0) is 55.4 Å². The Bertz CT molecular complexity index is 371. The molecule has 0 unspecified atom stereocenters. The van der Waals surface area contributed by atoms with Crippen LogP contribution in [0, 0.1) is 5.92 Å². The van der Waals surface area contributed by atoms with Gasteiger partial charge in [-0.15, -0.1) is 0 Å². The molecule has 0 bridgehead atoms. The number of nitrogens with two attached hydrogens (primary N) is 1. The third kappa shape index (κ3) is 3.15. The van der Waals surface area contributed by atoms with Crippen LogP contribution in [0.2, 0.25) is 0 Å². The van der Waals surface area contributed by atoms with Gasteiger partial charge in [0.05, 0.1) is 0 Å². The summed E-state index contributed by atoms with van der Waals surface area (Å²) in [4.78, 5) is 2.53. The van der Waals surface area contributed by atoms with Crippen molar-refractivity contribution >= 4 is 11.4 Å². The Labute approximate surface area is 105 Å². The highest BCUT2D eigenvalue weighted by molar-refractivity contribution is 5.61. The van der Waals surface area contributed by atoms with Crippen molar-refractivity contribution in [3.05, 3.63) is 23.8 Å². The van der Waals surface area contributed by atoms with E-state index in [0.29, 0.717) is 0 Å². The molecule has 2 heteroatoms. The van der Waals surface area contributed by atoms with E-state index in [1.165, 1.54) is 50.0 Å². The number of hydrogen-bond acceptors (Lipinski definition) is 2. The Morgan fingerprint density at radius 2 is 2.18 bits per heavy atom. The molecule has 0 spiro atoms. The number of fused-ring (bicyclic) bond motifs is 1. The van der Waals surface area contributed by atoms with Crippen LogP contribution in [0.5, 0.6) is 0 Å². The summed E-state index contributed by atoms with van der Waals surface area (Å²) in [6.07, 6.45) is 5.06. The molecular weight excluding hydrogens is 208 g/mol. The van der Waals surface area contributed by atoms with Crippen molar-refractivity contribution in [2.24, 2.45) is 5.92 Å². The number of benzene rings is 1. The highest BCUT2D eigenvalue weighted by Gasteiger charge is 2.16. The first-order valence-corrected chi connectivity index (χ1v) is 6.80. The molecule has 0 aliphatic carbocycles. The van der Waals surface area contributed by atoms with Crippen LogP contribution in [0.25, 0.3) is 0 Å². The summed E-state index contributed by atoms with van der Waals surface area (Å²) >= 11 is 0. The number of nitrogen functional groups attached to an aromatic ring is 1. The molecule has 1 aromatic rings. The number of aryl methyl sites for hydroxylation is 1. The Hall–Kier alpha value is -1.18. The van der Waals surface area contributed by atoms with Crippen LogP contribution in [0.15, 0.2) is 18.2 Å². The molecule has 94 valence electrons. The van der Waals surface area contributed by atoms with Crippen LogP contribution in [0.1, 0.15) is 38.7 Å². The molecule has 2 nitrogen and oxygen atoms in total. The molecule has 0 atom stereocenters. The van der Waals surface area contributed by atoms with Gasteiger partial charge in [0.15, 0.2) is 0 Å². The summed E-state index contributed by atoms with van der Waals surface area (Å²) in [7, 11) is 0. The maximum atomic E-state index is 5.85. The summed E-state index contributed by atoms with van der Waals surface area (Å²) in [6, 6.07) is 6.36. The van der Waals surface area contributed by atoms with E-state index in [9.17, 15) is 0 Å². The highest BCUT2D eigenvalue weighted by atomic mass is 15.1. The fourth-order valence-corrected chi connectivity index (χ4v) is 2.62. The van der Waals surface area contributed by atoms with Crippen molar-refractivity contribution in [3.63, 3.8) is 0 Å². The third-order valence-electron chi connectivity index (χ3n) is 3.53. The lowest BCUT2D eigenvalue weighted by atomic mass is 10.00. The van der Waals surface area contributed by atoms with Gasteiger partial charge in [0.25, 0.3) is 0 Å². The zero-order chi connectivity index (χ0) is 12.3. The monoisotopic (exact) mass is 232 g/mol. The second-order valence-electron chi connectivity index (χ2n) is 5.51. The van der Waals surface area contributed by atoms with E-state index in [0.717, 1.165) is 11.6 Å². The van der Waals surface area contributed by atoms with Gasteiger partial charge in [-0.3, -0.25) is 0 Å². The lowest BCUT2D eigenvalue weighted by Crippen LogP contribution is -2.30. The second kappa shape index (κ2) is 5.44. The smallest absolute Gasteiger partial charge is 0.0400 e. The van der Waals surface area contributed by atoms with Crippen LogP contribution in [-0.4, -0.2) is 13.1 Å². The van der Waals surface area contributed by atoms with Gasteiger partial charge < -0.3 is 10.6 Å². The van der Waals surface area contributed by atoms with Crippen LogP contribution >= 0.6 is 0 Å². The largest absolute Gasteiger partial charge is 0.399 e. The number of nitrogens with zero attached hydrogens (tertiary/aromatic N) is 1. The third-order valence-corrected chi connectivity index (χ3v) is 3.53. The molecule has 17 heavy (non-hydrogen) atoms. The van der Waals surface area contributed by atoms with Crippen molar-refractivity contribution in [1.29, 1.82) is 0 Å². The molecule has 0 saturated carbocycles. The standard InChI is InChI=1S/C15H24N2/c1-12(2)5-3-9-17-10-4-6-13-11-14(16)7-8-15(13)17/h7-8,11-12H,3-6,9-10,16H2,1-2H3. The molecule has 0 aromatic heterocycles. The average Bonchev–Trinajstić information content (AvgIpc) is 2.28. The van der Waals surface area contributed by atoms with E-state index in [1.807, 2.05) is 6.07 Å². The number of anilines is 2. The Kier molecular flexibility index (Phi) is 3.93. The van der Waals surface area contributed by atoms with Crippen LogP contribution in [0.4, 0.5) is 11.4 Å². The topological polar surface area (TPSA) is 29.3 Å². The molecule has 2 N–H and O–H groups in total. The summed E-state index contributed by atoms with van der Waals surface area (Å²) in [5.74, 6) is 0.811. The summed E-state index contributed by atoms with van der Waals surface area (Å²) in [5.41, 5.74) is 9.59. The van der Waals surface area contributed by atoms with Crippen molar-refractivity contribution in [2.75, 3.05) is 23.7 Å². The lowest BCUT2D eigenvalue weighted by molar-refractivity contribution is 0.543. The molecule has 1 heterocycles. The van der Waals surface area contributed by atoms with Crippen molar-refractivity contribution in [3.8, 4) is 0 Å². The average molecular weight is 232 g/mol. The van der Waals surface area contributed by atoms with Crippen molar-refractivity contribution < 1.29 is 0 Å². The molecule has 2 rings (SSSR count). The maximum absolute atomic E-state index is 5.85. The summed E-state index contributed by atoms with van der Waals surface area (Å²) in [6.45, 7) is 6.99. The van der Waals surface area contributed by atoms with E-state index < -0.39 is 0 Å². The molecule has 1 aliphatic heterocycles. The molecule has 0 radical (unpaired) electrons. The molecule has 1 aromatic carbocycles. The second-order valence-corrected chi connectivity index (χ2v) is 5.51. The number of hydrogen-bond donors (Lipinski definition) is 1. The van der Waals surface area contributed by atoms with Gasteiger partial charge in [0.1, 0.15) is 0 Å².